The van der Waals surface area contributed by atoms with Crippen LogP contribution in [0.5, 0.6) is 0 Å². The highest BCUT2D eigenvalue weighted by atomic mass is 79.9. The van der Waals surface area contributed by atoms with Gasteiger partial charge in [0.05, 0.1) is 28.3 Å². The maximum atomic E-state index is 11.0. The molecule has 0 fully saturated rings. The highest BCUT2D eigenvalue weighted by Crippen LogP contribution is 2.41. The first kappa shape index (κ1) is 20.8. The van der Waals surface area contributed by atoms with Gasteiger partial charge in [-0.15, -0.1) is 0 Å². The van der Waals surface area contributed by atoms with Crippen LogP contribution in [-0.2, 0) is 13.6 Å². The number of nitrogens with zero attached hydrogens (tertiary/aromatic N) is 5. The average Bonchev–Trinajstić information content (AvgIpc) is 3.24. The van der Waals surface area contributed by atoms with Crippen molar-refractivity contribution < 1.29 is 26.5 Å². The van der Waals surface area contributed by atoms with Crippen LogP contribution >= 0.6 is 11.3 Å². The number of fused-ring (bicyclic) bond motifs is 1. The molecule has 4 rings (SSSR count). The molecule has 0 aliphatic rings. The highest BCUT2D eigenvalue weighted by Gasteiger charge is 2.23. The molecule has 0 saturated heterocycles. The molecule has 0 bridgehead atoms. The van der Waals surface area contributed by atoms with E-state index in [2.05, 4.69) is 39.9 Å². The average molecular weight is 472 g/mol. The van der Waals surface area contributed by atoms with Crippen LogP contribution in [0.3, 0.4) is 0 Å². The van der Waals surface area contributed by atoms with Crippen molar-refractivity contribution in [2.45, 2.75) is 13.5 Å². The van der Waals surface area contributed by atoms with E-state index in [1.54, 1.807) is 11.6 Å². The molecule has 0 atom stereocenters. The number of nitro groups is 1. The second-order valence-corrected chi connectivity index (χ2v) is 7.23. The van der Waals surface area contributed by atoms with Gasteiger partial charge in [0.2, 0.25) is 0 Å². The van der Waals surface area contributed by atoms with Crippen molar-refractivity contribution in [2.24, 2.45) is 17.3 Å². The van der Waals surface area contributed by atoms with E-state index in [0.29, 0.717) is 5.13 Å². The Balaban J connectivity index is 0.00000240. The Labute approximate surface area is 181 Å². The van der Waals surface area contributed by atoms with E-state index in [0.717, 1.165) is 45.7 Å². The van der Waals surface area contributed by atoms with Gasteiger partial charge >= 0.3 is 10.1 Å². The van der Waals surface area contributed by atoms with E-state index in [4.69, 9.17) is 0 Å². The van der Waals surface area contributed by atoms with Gasteiger partial charge in [-0.1, -0.05) is 48.5 Å². The van der Waals surface area contributed by atoms with Crippen molar-refractivity contribution in [1.29, 1.82) is 0 Å². The lowest BCUT2D eigenvalue weighted by Gasteiger charge is -2.08. The number of aromatic nitrogens is 2. The molecule has 2 aromatic carbocycles. The molecular weight excluding hydrogens is 454 g/mol. The SMILES string of the molecule is CCn1c(-c2ccccc2)c(N=Nc2sc([N+](=O)[O-])c[n+]2C)c2ccccc21.[Br-]. The third kappa shape index (κ3) is 3.83. The minimum atomic E-state index is -0.415. The fraction of sp³-hybridized carbons (Fsp3) is 0.150. The van der Waals surface area contributed by atoms with Crippen LogP contribution in [0.1, 0.15) is 6.92 Å². The van der Waals surface area contributed by atoms with Crippen LogP contribution < -0.4 is 21.5 Å². The monoisotopic (exact) mass is 471 g/mol. The second kappa shape index (κ2) is 8.62. The number of azo groups is 1. The molecule has 4 aromatic rings. The van der Waals surface area contributed by atoms with Crippen LogP contribution in [0.2, 0.25) is 0 Å². The molecule has 29 heavy (non-hydrogen) atoms. The van der Waals surface area contributed by atoms with Crippen molar-refractivity contribution >= 4 is 38.1 Å². The number of hydrogen-bond acceptors (Lipinski definition) is 5. The lowest BCUT2D eigenvalue weighted by molar-refractivity contribution is -0.656. The van der Waals surface area contributed by atoms with Gasteiger partial charge in [-0.25, -0.2) is 4.57 Å². The van der Waals surface area contributed by atoms with E-state index in [1.165, 1.54) is 6.20 Å². The van der Waals surface area contributed by atoms with Gasteiger partial charge in [-0.3, -0.25) is 10.1 Å². The number of para-hydroxylation sites is 1. The Morgan fingerprint density at radius 2 is 1.79 bits per heavy atom. The van der Waals surface area contributed by atoms with E-state index in [-0.39, 0.29) is 22.0 Å². The van der Waals surface area contributed by atoms with Gasteiger partial charge in [0, 0.05) is 28.8 Å². The van der Waals surface area contributed by atoms with Gasteiger partial charge in [0.25, 0.3) is 0 Å². The standard InChI is InChI=1S/C20H18N5O2S.BrH/c1-3-24-16-12-8-7-11-15(16)18(19(24)14-9-5-4-6-10-14)21-22-20-23(2)13-17(28-20)25(26)27;/h4-13H,3H2,1-2H3;1H/q+1;/p-1. The van der Waals surface area contributed by atoms with Crippen LogP contribution in [0.4, 0.5) is 15.8 Å². The number of aryl methyl sites for hydroxylation is 2. The molecule has 0 radical (unpaired) electrons. The Kier molecular flexibility index (Phi) is 6.19. The Morgan fingerprint density at radius 1 is 1.10 bits per heavy atom. The highest BCUT2D eigenvalue weighted by molar-refractivity contribution is 7.17. The van der Waals surface area contributed by atoms with Crippen LogP contribution in [0, 0.1) is 10.1 Å². The molecule has 0 saturated carbocycles. The summed E-state index contributed by atoms with van der Waals surface area (Å²) in [5.74, 6) is 0. The number of benzene rings is 2. The van der Waals surface area contributed by atoms with Crippen molar-refractivity contribution in [3.63, 3.8) is 0 Å². The molecule has 7 nitrogen and oxygen atoms in total. The molecule has 0 spiro atoms. The van der Waals surface area contributed by atoms with E-state index < -0.39 is 4.92 Å². The molecule has 0 unspecified atom stereocenters. The van der Waals surface area contributed by atoms with E-state index >= 15 is 0 Å². The lowest BCUT2D eigenvalue weighted by Crippen LogP contribution is -3.00. The predicted octanol–water partition coefficient (Wildman–Crippen LogP) is 2.54. The fourth-order valence-corrected chi connectivity index (χ4v) is 4.04. The normalized spacial score (nSPS) is 11.1. The molecular formula is C20H18BrN5O2S. The first-order valence-electron chi connectivity index (χ1n) is 8.82. The largest absolute Gasteiger partial charge is 1.00 e. The van der Waals surface area contributed by atoms with E-state index in [9.17, 15) is 10.1 Å². The molecule has 0 N–H and O–H groups in total. The number of thiazole rings is 1. The maximum absolute atomic E-state index is 11.0. The zero-order chi connectivity index (χ0) is 19.7. The number of rotatable bonds is 5. The summed E-state index contributed by atoms with van der Waals surface area (Å²) in [5, 5.41) is 21.4. The maximum Gasteiger partial charge on any atom is 0.414 e. The summed E-state index contributed by atoms with van der Waals surface area (Å²) in [5.41, 5.74) is 3.89. The number of hydrogen-bond donors (Lipinski definition) is 0. The summed E-state index contributed by atoms with van der Waals surface area (Å²) in [4.78, 5) is 10.6. The molecule has 148 valence electrons. The zero-order valence-electron chi connectivity index (χ0n) is 15.8. The Hall–Kier alpha value is -2.91. The lowest BCUT2D eigenvalue weighted by atomic mass is 10.1. The van der Waals surface area contributed by atoms with Crippen LogP contribution in [0.25, 0.3) is 22.2 Å². The van der Waals surface area contributed by atoms with E-state index in [1.807, 2.05) is 36.4 Å². The summed E-state index contributed by atoms with van der Waals surface area (Å²) in [6.45, 7) is 2.89. The Bertz CT molecular complexity index is 1200. The van der Waals surface area contributed by atoms with Gasteiger partial charge in [-0.05, 0) is 18.1 Å². The van der Waals surface area contributed by atoms with Gasteiger partial charge in [0.1, 0.15) is 5.69 Å². The predicted molar refractivity (Wildman–Crippen MR) is 109 cm³/mol. The zero-order valence-corrected chi connectivity index (χ0v) is 18.2. The fourth-order valence-electron chi connectivity index (χ4n) is 3.28. The van der Waals surface area contributed by atoms with Crippen molar-refractivity contribution in [2.75, 3.05) is 0 Å². The van der Waals surface area contributed by atoms with Gasteiger partial charge in [-0.2, -0.15) is 0 Å². The number of halogens is 1. The first-order valence-corrected chi connectivity index (χ1v) is 9.64. The molecule has 0 amide bonds. The smallest absolute Gasteiger partial charge is 0.414 e. The third-order valence-corrected chi connectivity index (χ3v) is 5.54. The van der Waals surface area contributed by atoms with Crippen LogP contribution in [-0.4, -0.2) is 9.49 Å². The molecule has 0 aliphatic heterocycles. The third-order valence-electron chi connectivity index (χ3n) is 4.52. The molecule has 2 heterocycles. The Morgan fingerprint density at radius 3 is 2.45 bits per heavy atom. The van der Waals surface area contributed by atoms with Gasteiger partial charge < -0.3 is 21.5 Å². The minimum Gasteiger partial charge on any atom is -1.00 e. The molecule has 9 heteroatoms. The summed E-state index contributed by atoms with van der Waals surface area (Å²) in [7, 11) is 1.73. The van der Waals surface area contributed by atoms with Crippen molar-refractivity contribution in [3.05, 3.63) is 70.9 Å². The summed E-state index contributed by atoms with van der Waals surface area (Å²) in [6, 6.07) is 18.2. The summed E-state index contributed by atoms with van der Waals surface area (Å²) >= 11 is 1.00. The summed E-state index contributed by atoms with van der Waals surface area (Å²) < 4.78 is 3.84. The topological polar surface area (TPSA) is 76.7 Å². The first-order chi connectivity index (χ1) is 13.6. The summed E-state index contributed by atoms with van der Waals surface area (Å²) in [6.07, 6.45) is 1.45. The molecule has 0 aliphatic carbocycles. The van der Waals surface area contributed by atoms with Crippen molar-refractivity contribution in [3.8, 4) is 11.3 Å². The van der Waals surface area contributed by atoms with Gasteiger partial charge in [0.15, 0.2) is 6.20 Å². The minimum absolute atomic E-state index is 0. The van der Waals surface area contributed by atoms with Crippen molar-refractivity contribution in [1.82, 2.24) is 4.57 Å². The quantitative estimate of drug-likeness (QED) is 0.194. The van der Waals surface area contributed by atoms with Crippen LogP contribution in [0.15, 0.2) is 71.0 Å². The molecule has 2 aromatic heterocycles. The second-order valence-electron chi connectivity index (χ2n) is 6.24.